The van der Waals surface area contributed by atoms with Crippen molar-refractivity contribution in [2.75, 3.05) is 13.1 Å². The first-order valence-electron chi connectivity index (χ1n) is 6.26. The van der Waals surface area contributed by atoms with Crippen molar-refractivity contribution in [2.24, 2.45) is 12.5 Å². The van der Waals surface area contributed by atoms with Crippen LogP contribution < -0.4 is 5.32 Å². The van der Waals surface area contributed by atoms with Crippen LogP contribution in [0.15, 0.2) is 4.47 Å². The number of aryl methyl sites for hydroxylation is 2. The summed E-state index contributed by atoms with van der Waals surface area (Å²) in [5, 5.41) is 7.94. The second kappa shape index (κ2) is 6.01. The Bertz CT molecular complexity index is 369. The van der Waals surface area contributed by atoms with Gasteiger partial charge in [-0.1, -0.05) is 20.8 Å². The summed E-state index contributed by atoms with van der Waals surface area (Å²) in [6, 6.07) is 0. The second-order valence-corrected chi connectivity index (χ2v) is 6.28. The van der Waals surface area contributed by atoms with Crippen LogP contribution in [-0.2, 0) is 13.5 Å². The van der Waals surface area contributed by atoms with Gasteiger partial charge in [0.05, 0.1) is 15.9 Å². The van der Waals surface area contributed by atoms with Crippen LogP contribution in [0.4, 0.5) is 0 Å². The minimum Gasteiger partial charge on any atom is -0.316 e. The highest BCUT2D eigenvalue weighted by Crippen LogP contribution is 2.27. The van der Waals surface area contributed by atoms with Crippen LogP contribution >= 0.6 is 15.9 Å². The van der Waals surface area contributed by atoms with E-state index in [1.54, 1.807) is 0 Å². The molecule has 1 heterocycles. The van der Waals surface area contributed by atoms with E-state index in [9.17, 15) is 0 Å². The van der Waals surface area contributed by atoms with Gasteiger partial charge in [0.25, 0.3) is 0 Å². The number of hydrogen-bond acceptors (Lipinski definition) is 2. The van der Waals surface area contributed by atoms with Gasteiger partial charge < -0.3 is 5.32 Å². The molecule has 1 aromatic heterocycles. The molecule has 1 rings (SSSR count). The van der Waals surface area contributed by atoms with Gasteiger partial charge in [0.15, 0.2) is 0 Å². The maximum Gasteiger partial charge on any atom is 0.0738 e. The third kappa shape index (κ3) is 4.11. The van der Waals surface area contributed by atoms with E-state index in [-0.39, 0.29) is 5.41 Å². The zero-order chi connectivity index (χ0) is 13.1. The molecule has 0 aromatic carbocycles. The Balaban J connectivity index is 2.68. The maximum absolute atomic E-state index is 4.44. The summed E-state index contributed by atoms with van der Waals surface area (Å²) in [6.45, 7) is 11.0. The van der Waals surface area contributed by atoms with Crippen molar-refractivity contribution in [2.45, 2.75) is 40.5 Å². The molecule has 0 aliphatic heterocycles. The van der Waals surface area contributed by atoms with E-state index < -0.39 is 0 Å². The van der Waals surface area contributed by atoms with Crippen LogP contribution in [0.1, 0.15) is 38.6 Å². The average Bonchev–Trinajstić information content (AvgIpc) is 2.45. The molecule has 4 heteroatoms. The molecule has 0 amide bonds. The highest BCUT2D eigenvalue weighted by Gasteiger charge is 2.22. The van der Waals surface area contributed by atoms with E-state index in [1.807, 2.05) is 18.7 Å². The minimum atomic E-state index is 0.248. The van der Waals surface area contributed by atoms with Crippen molar-refractivity contribution >= 4 is 15.9 Å². The smallest absolute Gasteiger partial charge is 0.0738 e. The molecule has 0 unspecified atom stereocenters. The molecule has 0 saturated heterocycles. The molecule has 0 aliphatic carbocycles. The van der Waals surface area contributed by atoms with E-state index in [0.29, 0.717) is 0 Å². The minimum absolute atomic E-state index is 0.248. The molecule has 0 spiro atoms. The van der Waals surface area contributed by atoms with Gasteiger partial charge in [0.1, 0.15) is 0 Å². The predicted octanol–water partition coefficient (Wildman–Crippen LogP) is 3.06. The van der Waals surface area contributed by atoms with Crippen LogP contribution in [0.25, 0.3) is 0 Å². The van der Waals surface area contributed by atoms with E-state index in [4.69, 9.17) is 0 Å². The lowest BCUT2D eigenvalue weighted by atomic mass is 9.87. The van der Waals surface area contributed by atoms with Crippen LogP contribution in [0.3, 0.4) is 0 Å². The topological polar surface area (TPSA) is 29.9 Å². The number of aromatic nitrogens is 2. The summed E-state index contributed by atoms with van der Waals surface area (Å²) in [6.07, 6.45) is 2.21. The Kier molecular flexibility index (Phi) is 5.20. The summed E-state index contributed by atoms with van der Waals surface area (Å²) >= 11 is 3.63. The third-order valence-corrected chi connectivity index (χ3v) is 3.97. The Morgan fingerprint density at radius 2 is 2.06 bits per heavy atom. The van der Waals surface area contributed by atoms with E-state index >= 15 is 0 Å². The molecule has 98 valence electrons. The summed E-state index contributed by atoms with van der Waals surface area (Å²) in [5.74, 6) is 0. The van der Waals surface area contributed by atoms with E-state index in [1.165, 1.54) is 12.1 Å². The molecular formula is C13H24BrN3. The van der Waals surface area contributed by atoms with Crippen molar-refractivity contribution < 1.29 is 0 Å². The van der Waals surface area contributed by atoms with Crippen molar-refractivity contribution in [3.8, 4) is 0 Å². The summed E-state index contributed by atoms with van der Waals surface area (Å²) in [7, 11) is 2.02. The van der Waals surface area contributed by atoms with Crippen molar-refractivity contribution in [1.82, 2.24) is 15.1 Å². The largest absolute Gasteiger partial charge is 0.316 e. The Labute approximate surface area is 113 Å². The van der Waals surface area contributed by atoms with Gasteiger partial charge >= 0.3 is 0 Å². The highest BCUT2D eigenvalue weighted by molar-refractivity contribution is 9.10. The fourth-order valence-electron chi connectivity index (χ4n) is 1.99. The number of hydrogen-bond donors (Lipinski definition) is 1. The standard InChI is InChI=1S/C13H24BrN3/c1-6-7-15-9-13(3,4)8-11-12(14)10(2)16-17(11)5/h15H,6-9H2,1-5H3. The normalized spacial score (nSPS) is 12.1. The van der Waals surface area contributed by atoms with Gasteiger partial charge in [-0.15, -0.1) is 0 Å². The van der Waals surface area contributed by atoms with Gasteiger partial charge in [-0.05, 0) is 47.7 Å². The average molecular weight is 302 g/mol. The fraction of sp³-hybridized carbons (Fsp3) is 0.769. The highest BCUT2D eigenvalue weighted by atomic mass is 79.9. The summed E-state index contributed by atoms with van der Waals surface area (Å²) in [4.78, 5) is 0. The first-order chi connectivity index (χ1) is 7.87. The summed E-state index contributed by atoms with van der Waals surface area (Å²) in [5.41, 5.74) is 2.60. The van der Waals surface area contributed by atoms with Gasteiger partial charge in [-0.25, -0.2) is 0 Å². The van der Waals surface area contributed by atoms with Crippen LogP contribution in [0, 0.1) is 12.3 Å². The van der Waals surface area contributed by atoms with Gasteiger partial charge in [0, 0.05) is 13.6 Å². The maximum atomic E-state index is 4.44. The molecule has 17 heavy (non-hydrogen) atoms. The Hall–Kier alpha value is -0.350. The quantitative estimate of drug-likeness (QED) is 0.819. The Morgan fingerprint density at radius 1 is 1.41 bits per heavy atom. The fourth-order valence-corrected chi connectivity index (χ4v) is 2.47. The molecule has 0 fully saturated rings. The van der Waals surface area contributed by atoms with Crippen molar-refractivity contribution in [3.63, 3.8) is 0 Å². The van der Waals surface area contributed by atoms with Crippen LogP contribution in [0.5, 0.6) is 0 Å². The van der Waals surface area contributed by atoms with Gasteiger partial charge in [0.2, 0.25) is 0 Å². The number of rotatable bonds is 6. The van der Waals surface area contributed by atoms with E-state index in [0.717, 1.165) is 29.7 Å². The van der Waals surface area contributed by atoms with Crippen LogP contribution in [-0.4, -0.2) is 22.9 Å². The number of nitrogens with zero attached hydrogens (tertiary/aromatic N) is 2. The predicted molar refractivity (Wildman–Crippen MR) is 76.3 cm³/mol. The van der Waals surface area contributed by atoms with E-state index in [2.05, 4.69) is 47.1 Å². The first-order valence-corrected chi connectivity index (χ1v) is 7.05. The molecule has 0 atom stereocenters. The first kappa shape index (κ1) is 14.7. The zero-order valence-electron chi connectivity index (χ0n) is 11.6. The zero-order valence-corrected chi connectivity index (χ0v) is 13.2. The molecule has 1 aromatic rings. The van der Waals surface area contributed by atoms with Gasteiger partial charge in [-0.3, -0.25) is 4.68 Å². The van der Waals surface area contributed by atoms with Crippen molar-refractivity contribution in [1.29, 1.82) is 0 Å². The lowest BCUT2D eigenvalue weighted by Crippen LogP contribution is -2.32. The Morgan fingerprint density at radius 3 is 2.53 bits per heavy atom. The molecule has 0 saturated carbocycles. The molecule has 0 aliphatic rings. The third-order valence-electron chi connectivity index (χ3n) is 2.94. The molecule has 1 N–H and O–H groups in total. The lowest BCUT2D eigenvalue weighted by molar-refractivity contribution is 0.330. The SMILES string of the molecule is CCCNCC(C)(C)Cc1c(Br)c(C)nn1C. The van der Waals surface area contributed by atoms with Crippen molar-refractivity contribution in [3.05, 3.63) is 15.9 Å². The second-order valence-electron chi connectivity index (χ2n) is 5.49. The number of nitrogens with one attached hydrogen (secondary N) is 1. The monoisotopic (exact) mass is 301 g/mol. The van der Waals surface area contributed by atoms with Crippen LogP contribution in [0.2, 0.25) is 0 Å². The molecule has 3 nitrogen and oxygen atoms in total. The lowest BCUT2D eigenvalue weighted by Gasteiger charge is -2.25. The summed E-state index contributed by atoms with van der Waals surface area (Å²) < 4.78 is 3.14. The molecule has 0 radical (unpaired) electrons. The molecular weight excluding hydrogens is 278 g/mol. The van der Waals surface area contributed by atoms with Gasteiger partial charge in [-0.2, -0.15) is 5.10 Å². The number of halogens is 1. The molecule has 0 bridgehead atoms.